The van der Waals surface area contributed by atoms with Crippen LogP contribution >= 0.6 is 11.6 Å². The summed E-state index contributed by atoms with van der Waals surface area (Å²) >= 11 is 6.62. The number of benzene rings is 2. The topological polar surface area (TPSA) is 76.1 Å². The Labute approximate surface area is 222 Å². The molecule has 0 aromatic heterocycles. The third-order valence-electron chi connectivity index (χ3n) is 9.17. The number of esters is 1. The van der Waals surface area contributed by atoms with Crippen molar-refractivity contribution in [2.75, 3.05) is 13.7 Å². The summed E-state index contributed by atoms with van der Waals surface area (Å²) in [6, 6.07) is 13.1. The fourth-order valence-corrected chi connectivity index (χ4v) is 8.03. The van der Waals surface area contributed by atoms with Gasteiger partial charge in [0, 0.05) is 23.5 Å². The van der Waals surface area contributed by atoms with Gasteiger partial charge in [-0.15, -0.1) is 0 Å². The molecule has 4 saturated carbocycles. The number of hydrogen-bond acceptors (Lipinski definition) is 5. The van der Waals surface area contributed by atoms with Crippen LogP contribution in [0.5, 0.6) is 5.75 Å². The van der Waals surface area contributed by atoms with E-state index in [4.69, 9.17) is 21.1 Å². The first-order valence-electron chi connectivity index (χ1n) is 13.4. The van der Waals surface area contributed by atoms with E-state index in [0.717, 1.165) is 43.4 Å². The molecule has 5 aliphatic rings. The number of ether oxygens (including phenoxy) is 2. The molecule has 2 aromatic rings. The number of amides is 1. The van der Waals surface area contributed by atoms with Gasteiger partial charge in [-0.3, -0.25) is 4.79 Å². The zero-order valence-corrected chi connectivity index (χ0v) is 22.0. The Hall–Kier alpha value is -2.57. The Morgan fingerprint density at radius 3 is 2.49 bits per heavy atom. The van der Waals surface area contributed by atoms with Gasteiger partial charge < -0.3 is 19.5 Å². The van der Waals surface area contributed by atoms with Crippen LogP contribution in [0.3, 0.4) is 0 Å². The molecule has 3 unspecified atom stereocenters. The molecule has 4 bridgehead atoms. The quantitative estimate of drug-likeness (QED) is 0.515. The van der Waals surface area contributed by atoms with Crippen LogP contribution in [0.15, 0.2) is 42.5 Å². The van der Waals surface area contributed by atoms with E-state index >= 15 is 0 Å². The lowest BCUT2D eigenvalue weighted by Gasteiger charge is -2.59. The predicted molar refractivity (Wildman–Crippen MR) is 139 cm³/mol. The molecular weight excluding hydrogens is 490 g/mol. The first-order valence-corrected chi connectivity index (χ1v) is 13.8. The molecule has 37 heavy (non-hydrogen) atoms. The first-order chi connectivity index (χ1) is 17.8. The third kappa shape index (κ3) is 4.74. The van der Waals surface area contributed by atoms with Crippen molar-refractivity contribution in [2.45, 2.75) is 63.2 Å². The average molecular weight is 524 g/mol. The summed E-state index contributed by atoms with van der Waals surface area (Å²) in [7, 11) is 1.36. The van der Waals surface area contributed by atoms with Crippen LogP contribution in [-0.2, 0) is 22.6 Å². The lowest BCUT2D eigenvalue weighted by atomic mass is 9.52. The van der Waals surface area contributed by atoms with Gasteiger partial charge in [-0.1, -0.05) is 29.8 Å². The number of carbonyl (C=O) groups is 2. The van der Waals surface area contributed by atoms with Crippen LogP contribution in [0, 0.1) is 23.7 Å². The van der Waals surface area contributed by atoms with Crippen molar-refractivity contribution in [3.63, 3.8) is 0 Å². The summed E-state index contributed by atoms with van der Waals surface area (Å²) in [6.45, 7) is 1.17. The number of rotatable bonds is 7. The molecule has 196 valence electrons. The van der Waals surface area contributed by atoms with E-state index in [9.17, 15) is 14.7 Å². The number of carbonyl (C=O) groups excluding carboxylic acids is 2. The van der Waals surface area contributed by atoms with Crippen molar-refractivity contribution in [1.82, 2.24) is 4.90 Å². The standard InChI is InChI=1S/C30H34ClNO5/c1-36-29(34)20-4-2-18(3-5-20)17-37-25-7-6-21(26(31)13-25)12-22-8-9-32(28(22)33)27-23-10-19-11-24(27)16-30(35,14-19)15-23/h2-7,13,19,22-24,27,35H,8-12,14-17H2,1H3. The van der Waals surface area contributed by atoms with E-state index in [1.807, 2.05) is 30.3 Å². The zero-order chi connectivity index (χ0) is 25.7. The maximum Gasteiger partial charge on any atom is 0.337 e. The van der Waals surface area contributed by atoms with E-state index in [1.54, 1.807) is 12.1 Å². The van der Waals surface area contributed by atoms with Gasteiger partial charge in [0.15, 0.2) is 0 Å². The Morgan fingerprint density at radius 2 is 1.84 bits per heavy atom. The Balaban J connectivity index is 1.06. The molecule has 3 atom stereocenters. The van der Waals surface area contributed by atoms with Gasteiger partial charge in [0.05, 0.1) is 18.3 Å². The third-order valence-corrected chi connectivity index (χ3v) is 9.52. The number of nitrogens with zero attached hydrogens (tertiary/aromatic N) is 1. The molecule has 1 aliphatic heterocycles. The lowest BCUT2D eigenvalue weighted by Crippen LogP contribution is -2.62. The highest BCUT2D eigenvalue weighted by Crippen LogP contribution is 2.57. The number of aliphatic hydroxyl groups is 1. The lowest BCUT2D eigenvalue weighted by molar-refractivity contribution is -0.168. The van der Waals surface area contributed by atoms with E-state index in [-0.39, 0.29) is 17.8 Å². The summed E-state index contributed by atoms with van der Waals surface area (Å²) < 4.78 is 10.6. The van der Waals surface area contributed by atoms with Crippen LogP contribution in [0.2, 0.25) is 5.02 Å². The highest BCUT2D eigenvalue weighted by molar-refractivity contribution is 6.31. The highest BCUT2D eigenvalue weighted by atomic mass is 35.5. The number of hydrogen-bond donors (Lipinski definition) is 1. The summed E-state index contributed by atoms with van der Waals surface area (Å²) in [5, 5.41) is 11.5. The van der Waals surface area contributed by atoms with Crippen LogP contribution in [0.1, 0.15) is 60.0 Å². The summed E-state index contributed by atoms with van der Waals surface area (Å²) in [4.78, 5) is 27.3. The number of halogens is 1. The van der Waals surface area contributed by atoms with Crippen LogP contribution in [0.25, 0.3) is 0 Å². The van der Waals surface area contributed by atoms with Gasteiger partial charge in [-0.2, -0.15) is 0 Å². The van der Waals surface area contributed by atoms with Gasteiger partial charge >= 0.3 is 5.97 Å². The second-order valence-corrected chi connectivity index (χ2v) is 12.0. The second kappa shape index (κ2) is 9.63. The van der Waals surface area contributed by atoms with Gasteiger partial charge in [0.25, 0.3) is 0 Å². The largest absolute Gasteiger partial charge is 0.489 e. The molecule has 6 nitrogen and oxygen atoms in total. The minimum absolute atomic E-state index is 0.0436. The van der Waals surface area contributed by atoms with Crippen LogP contribution < -0.4 is 4.74 Å². The smallest absolute Gasteiger partial charge is 0.337 e. The molecule has 1 saturated heterocycles. The van der Waals surface area contributed by atoms with E-state index in [1.165, 1.54) is 20.0 Å². The number of methoxy groups -OCH3 is 1. The van der Waals surface area contributed by atoms with Crippen molar-refractivity contribution in [1.29, 1.82) is 0 Å². The van der Waals surface area contributed by atoms with E-state index in [0.29, 0.717) is 53.2 Å². The van der Waals surface area contributed by atoms with Crippen molar-refractivity contribution < 1.29 is 24.2 Å². The minimum Gasteiger partial charge on any atom is -0.489 e. The molecule has 1 amide bonds. The average Bonchev–Trinajstić information content (AvgIpc) is 3.22. The molecule has 1 N–H and O–H groups in total. The molecule has 4 aliphatic carbocycles. The minimum atomic E-state index is -0.473. The zero-order valence-electron chi connectivity index (χ0n) is 21.2. The van der Waals surface area contributed by atoms with Gasteiger partial charge in [0.2, 0.25) is 5.91 Å². The second-order valence-electron chi connectivity index (χ2n) is 11.6. The van der Waals surface area contributed by atoms with Gasteiger partial charge in [0.1, 0.15) is 12.4 Å². The molecule has 0 radical (unpaired) electrons. The number of likely N-dealkylation sites (tertiary alicyclic amines) is 1. The van der Waals surface area contributed by atoms with Gasteiger partial charge in [-0.25, -0.2) is 4.79 Å². The Kier molecular flexibility index (Phi) is 6.44. The molecule has 5 fully saturated rings. The summed E-state index contributed by atoms with van der Waals surface area (Å²) in [5.41, 5.74) is 1.93. The Bertz CT molecular complexity index is 1180. The maximum absolute atomic E-state index is 13.5. The molecule has 7 rings (SSSR count). The monoisotopic (exact) mass is 523 g/mol. The molecule has 0 spiro atoms. The fourth-order valence-electron chi connectivity index (χ4n) is 7.78. The predicted octanol–water partition coefficient (Wildman–Crippen LogP) is 5.04. The molecule has 2 aromatic carbocycles. The fraction of sp³-hybridized carbons (Fsp3) is 0.533. The molecular formula is C30H34ClNO5. The van der Waals surface area contributed by atoms with E-state index < -0.39 is 5.60 Å². The Morgan fingerprint density at radius 1 is 1.11 bits per heavy atom. The normalized spacial score (nSPS) is 32.1. The van der Waals surface area contributed by atoms with Crippen molar-refractivity contribution in [3.8, 4) is 5.75 Å². The maximum atomic E-state index is 13.5. The SMILES string of the molecule is COC(=O)c1ccc(COc2ccc(CC3CCN(C4C5CC6CC4CC(O)(C6)C5)C3=O)c(Cl)c2)cc1. The first kappa shape index (κ1) is 24.7. The van der Waals surface area contributed by atoms with Crippen molar-refractivity contribution in [3.05, 3.63) is 64.2 Å². The van der Waals surface area contributed by atoms with E-state index in [2.05, 4.69) is 4.90 Å². The molecule has 1 heterocycles. The summed E-state index contributed by atoms with van der Waals surface area (Å²) in [5.74, 6) is 2.07. The molecule has 7 heteroatoms. The summed E-state index contributed by atoms with van der Waals surface area (Å²) in [6.07, 6.45) is 6.52. The highest BCUT2D eigenvalue weighted by Gasteiger charge is 2.57. The van der Waals surface area contributed by atoms with Crippen molar-refractivity contribution >= 4 is 23.5 Å². The van der Waals surface area contributed by atoms with Gasteiger partial charge in [-0.05, 0) is 98.1 Å². The van der Waals surface area contributed by atoms with Crippen molar-refractivity contribution in [2.24, 2.45) is 23.7 Å². The van der Waals surface area contributed by atoms with Crippen LogP contribution in [0.4, 0.5) is 0 Å². The van der Waals surface area contributed by atoms with Crippen LogP contribution in [-0.4, -0.2) is 47.2 Å².